The van der Waals surface area contributed by atoms with Crippen molar-refractivity contribution in [1.82, 2.24) is 20.1 Å². The van der Waals surface area contributed by atoms with Crippen molar-refractivity contribution in [2.75, 3.05) is 19.8 Å². The molecule has 1 aliphatic heterocycles. The number of nitrogens with one attached hydrogen (secondary N) is 1. The van der Waals surface area contributed by atoms with Crippen LogP contribution in [-0.2, 0) is 14.3 Å². The number of carbonyl (C=O) groups excluding carboxylic acids is 1. The first-order chi connectivity index (χ1) is 24.6. The van der Waals surface area contributed by atoms with Crippen molar-refractivity contribution >= 4 is 11.9 Å². The molecule has 13 atom stereocenters. The van der Waals surface area contributed by atoms with Gasteiger partial charge in [-0.05, 0) is 105 Å². The molecular formula is C43H71N5O5. The van der Waals surface area contributed by atoms with Crippen LogP contribution in [0.2, 0.25) is 0 Å². The summed E-state index contributed by atoms with van der Waals surface area (Å²) in [4.78, 5) is 31.3. The fraction of sp³-hybridized carbons (Fsp3) is 0.860. The van der Waals surface area contributed by atoms with Crippen molar-refractivity contribution in [2.45, 2.75) is 152 Å². The number of aromatic nitrogens is 3. The number of fused-ring (bicyclic) bond motifs is 3. The second-order valence-electron chi connectivity index (χ2n) is 20.3. The van der Waals surface area contributed by atoms with Gasteiger partial charge in [0.1, 0.15) is 6.33 Å². The van der Waals surface area contributed by atoms with E-state index in [1.807, 2.05) is 18.5 Å². The number of carboxylic acids is 1. The molecule has 3 saturated carbocycles. The Labute approximate surface area is 319 Å². The highest BCUT2D eigenvalue weighted by Gasteiger charge is 2.72. The normalized spacial score (nSPS) is 41.7. The maximum atomic E-state index is 13.5. The fourth-order valence-corrected chi connectivity index (χ4v) is 12.5. The van der Waals surface area contributed by atoms with Gasteiger partial charge in [-0.15, -0.1) is 5.10 Å². The number of carbonyl (C=O) groups is 2. The summed E-state index contributed by atoms with van der Waals surface area (Å²) in [5.41, 5.74) is 6.28. The largest absolute Gasteiger partial charge is 0.481 e. The van der Waals surface area contributed by atoms with Crippen LogP contribution in [0.5, 0.6) is 0 Å². The van der Waals surface area contributed by atoms with Crippen LogP contribution in [0.1, 0.15) is 145 Å². The van der Waals surface area contributed by atoms with Crippen LogP contribution >= 0.6 is 0 Å². The molecule has 2 bridgehead atoms. The van der Waals surface area contributed by atoms with Crippen LogP contribution in [0.15, 0.2) is 18.0 Å². The molecule has 1 unspecified atom stereocenters. The third-order valence-corrected chi connectivity index (χ3v) is 17.0. The Bertz CT molecular complexity index is 1590. The van der Waals surface area contributed by atoms with Crippen molar-refractivity contribution in [3.8, 4) is 0 Å². The summed E-state index contributed by atoms with van der Waals surface area (Å²) in [5, 5.41) is 19.0. The quantitative estimate of drug-likeness (QED) is 0.196. The van der Waals surface area contributed by atoms with E-state index in [2.05, 4.69) is 85.6 Å². The molecule has 10 nitrogen and oxygen atoms in total. The Balaban J connectivity index is 1.44. The molecule has 2 heterocycles. The Morgan fingerprint density at radius 3 is 2.42 bits per heavy atom. The summed E-state index contributed by atoms with van der Waals surface area (Å²) in [6.07, 6.45) is 10.2. The Morgan fingerprint density at radius 1 is 1.09 bits per heavy atom. The van der Waals surface area contributed by atoms with Gasteiger partial charge in [0.05, 0.1) is 37.9 Å². The number of allylic oxidation sites excluding steroid dienone is 1. The second kappa shape index (κ2) is 13.7. The number of hydrogen-bond donors (Lipinski definition) is 3. The second-order valence-corrected chi connectivity index (χ2v) is 20.3. The molecule has 1 aromatic heterocycles. The number of ether oxygens (including phenoxy) is 2. The maximum Gasteiger partial charge on any atom is 0.307 e. The van der Waals surface area contributed by atoms with Crippen molar-refractivity contribution in [3.05, 3.63) is 23.8 Å². The molecule has 4 N–H and O–H groups in total. The highest BCUT2D eigenvalue weighted by molar-refractivity contribution is 5.90. The van der Waals surface area contributed by atoms with Gasteiger partial charge in [-0.3, -0.25) is 9.59 Å². The smallest absolute Gasteiger partial charge is 0.307 e. The van der Waals surface area contributed by atoms with Crippen LogP contribution in [0.4, 0.5) is 0 Å². The lowest BCUT2D eigenvalue weighted by Gasteiger charge is -2.71. The van der Waals surface area contributed by atoms with Gasteiger partial charge < -0.3 is 25.6 Å². The first-order valence-electron chi connectivity index (χ1n) is 20.8. The van der Waals surface area contributed by atoms with Gasteiger partial charge in [0.2, 0.25) is 5.82 Å². The summed E-state index contributed by atoms with van der Waals surface area (Å²) in [6.45, 7) is 28.0. The molecule has 10 heteroatoms. The first kappa shape index (κ1) is 40.4. The molecule has 0 aromatic carbocycles. The monoisotopic (exact) mass is 738 g/mol. The first-order valence-corrected chi connectivity index (χ1v) is 20.8. The third-order valence-electron chi connectivity index (χ3n) is 17.0. The van der Waals surface area contributed by atoms with Crippen LogP contribution in [0.25, 0.3) is 0 Å². The number of nitrogens with two attached hydrogens (primary N) is 1. The molecule has 6 rings (SSSR count). The van der Waals surface area contributed by atoms with Crippen LogP contribution in [-0.4, -0.2) is 69.3 Å². The number of rotatable bonds is 11. The number of aliphatic carboxylic acids is 1. The summed E-state index contributed by atoms with van der Waals surface area (Å²) in [7, 11) is 0. The van der Waals surface area contributed by atoms with Crippen molar-refractivity contribution in [1.29, 1.82) is 0 Å². The predicted octanol–water partition coefficient (Wildman–Crippen LogP) is 7.69. The molecule has 4 aliphatic carbocycles. The van der Waals surface area contributed by atoms with Crippen molar-refractivity contribution in [2.24, 2.45) is 68.3 Å². The lowest BCUT2D eigenvalue weighted by Crippen LogP contribution is -2.69. The highest BCUT2D eigenvalue weighted by atomic mass is 16.5. The summed E-state index contributed by atoms with van der Waals surface area (Å²) in [6, 6.07) is -0.181. The molecule has 1 amide bonds. The number of amides is 1. The molecule has 4 fully saturated rings. The van der Waals surface area contributed by atoms with Crippen molar-refractivity contribution < 1.29 is 24.2 Å². The Hall–Kier alpha value is -2.30. The van der Waals surface area contributed by atoms with Gasteiger partial charge in [-0.1, -0.05) is 80.9 Å². The van der Waals surface area contributed by atoms with Crippen molar-refractivity contribution in [3.63, 3.8) is 0 Å². The zero-order chi connectivity index (χ0) is 39.1. The number of nitrogens with zero attached hydrogens (tertiary/aromatic N) is 3. The minimum Gasteiger partial charge on any atom is -0.481 e. The van der Waals surface area contributed by atoms with E-state index in [0.29, 0.717) is 37.6 Å². The van der Waals surface area contributed by atoms with E-state index >= 15 is 0 Å². The summed E-state index contributed by atoms with van der Waals surface area (Å²) >= 11 is 0. The molecule has 0 radical (unpaired) electrons. The maximum absolute atomic E-state index is 13.5. The minimum atomic E-state index is -0.643. The lowest BCUT2D eigenvalue weighted by atomic mass is 9.34. The Kier molecular flexibility index (Phi) is 10.4. The van der Waals surface area contributed by atoms with Crippen LogP contribution < -0.4 is 11.1 Å². The summed E-state index contributed by atoms with van der Waals surface area (Å²) in [5.74, 6) is 0.295. The van der Waals surface area contributed by atoms with E-state index in [4.69, 9.17) is 20.3 Å². The van der Waals surface area contributed by atoms with Gasteiger partial charge in [0.15, 0.2) is 0 Å². The average molecular weight is 738 g/mol. The van der Waals surface area contributed by atoms with E-state index in [1.54, 1.807) is 6.33 Å². The highest BCUT2D eigenvalue weighted by Crippen LogP contribution is 2.75. The summed E-state index contributed by atoms with van der Waals surface area (Å²) < 4.78 is 15.7. The standard InChI is InChI=1S/C43H71N5O5/c1-13-27(6)46-36(49)35-45-24-48(47-35)31-20-43-23-52-21-39(9,34(31)53-22-42(12,44)26(4)5)32(43)15-14-29-30(43)16-17-41(11)33(37(50)51)38(8,28(7)25(2)3)18-19-40(29,41)10/h16,24-29,31-34H,13-15,17-23,44H2,1-12H3,(H,46,49)(H,50,51)/t27-,28-,29+,31-,32+,33-,34+,38-,39+,40-,41+,42+,43?/m1/s1. The SMILES string of the molecule is CC[C@@H](C)NC(=O)c1ncn([C@@H]2CC34COC[C@@](C)([C@@H]3CC[C@H]3C4=CC[C@@]4(C)[C@H](C(=O)O)[C@@](C)([C@H](C)C(C)C)CC[C@]34C)[C@H]2OC[C@](C)(N)C(C)C)n1. The number of carboxylic acid groups (broad SMARTS) is 1. The zero-order valence-electron chi connectivity index (χ0n) is 34.9. The van der Waals surface area contributed by atoms with Gasteiger partial charge in [0.25, 0.3) is 5.91 Å². The predicted molar refractivity (Wildman–Crippen MR) is 207 cm³/mol. The fourth-order valence-electron chi connectivity index (χ4n) is 12.5. The Morgan fingerprint density at radius 2 is 1.79 bits per heavy atom. The van der Waals surface area contributed by atoms with Crippen LogP contribution in [0, 0.1) is 62.6 Å². The topological polar surface area (TPSA) is 142 Å². The van der Waals surface area contributed by atoms with Crippen LogP contribution in [0.3, 0.4) is 0 Å². The molecule has 0 spiro atoms. The van der Waals surface area contributed by atoms with E-state index in [-0.39, 0.29) is 63.4 Å². The molecule has 5 aliphatic rings. The minimum absolute atomic E-state index is 0.0185. The van der Waals surface area contributed by atoms with E-state index in [0.717, 1.165) is 44.9 Å². The van der Waals surface area contributed by atoms with Gasteiger partial charge in [-0.25, -0.2) is 9.67 Å². The van der Waals surface area contributed by atoms with E-state index in [9.17, 15) is 14.7 Å². The van der Waals surface area contributed by atoms with E-state index < -0.39 is 22.8 Å². The zero-order valence-corrected chi connectivity index (χ0v) is 34.9. The molecule has 53 heavy (non-hydrogen) atoms. The van der Waals surface area contributed by atoms with Gasteiger partial charge >= 0.3 is 5.97 Å². The van der Waals surface area contributed by atoms with Gasteiger partial charge in [0, 0.05) is 22.4 Å². The number of hydrogen-bond acceptors (Lipinski definition) is 7. The lowest BCUT2D eigenvalue weighted by molar-refractivity contribution is -0.252. The molecule has 298 valence electrons. The molecular weight excluding hydrogens is 667 g/mol. The third kappa shape index (κ3) is 6.05. The molecule has 1 saturated heterocycles. The van der Waals surface area contributed by atoms with Gasteiger partial charge in [-0.2, -0.15) is 0 Å². The van der Waals surface area contributed by atoms with E-state index in [1.165, 1.54) is 5.57 Å². The average Bonchev–Trinajstić information content (AvgIpc) is 3.58. The molecule has 1 aromatic rings.